The lowest BCUT2D eigenvalue weighted by atomic mass is 10.3. The summed E-state index contributed by atoms with van der Waals surface area (Å²) in [4.78, 5) is 0. The van der Waals surface area contributed by atoms with E-state index in [-0.39, 0.29) is 18.8 Å². The Bertz CT molecular complexity index is 511. The van der Waals surface area contributed by atoms with Gasteiger partial charge in [0.05, 0.1) is 12.2 Å². The van der Waals surface area contributed by atoms with Crippen LogP contribution >= 0.6 is 0 Å². The molecule has 90 valence electrons. The van der Waals surface area contributed by atoms with Crippen LogP contribution in [0.2, 0.25) is 0 Å². The molecule has 1 aromatic heterocycles. The lowest BCUT2D eigenvalue weighted by Crippen LogP contribution is -2.01. The van der Waals surface area contributed by atoms with E-state index in [1.807, 2.05) is 0 Å². The second-order valence-electron chi connectivity index (χ2n) is 3.48. The molecule has 5 heteroatoms. The van der Waals surface area contributed by atoms with Gasteiger partial charge in [-0.15, -0.1) is 0 Å². The number of anilines is 1. The molecule has 2 aromatic rings. The number of aliphatic hydroxyl groups excluding tert-OH is 1. The van der Waals surface area contributed by atoms with Crippen molar-refractivity contribution in [2.24, 2.45) is 0 Å². The van der Waals surface area contributed by atoms with Crippen LogP contribution in [0.4, 0.5) is 14.5 Å². The second-order valence-corrected chi connectivity index (χ2v) is 3.48. The first-order valence-corrected chi connectivity index (χ1v) is 5.07. The van der Waals surface area contributed by atoms with Gasteiger partial charge in [0.1, 0.15) is 18.1 Å². The summed E-state index contributed by atoms with van der Waals surface area (Å²) in [5.41, 5.74) is 0.0759. The molecule has 0 aliphatic rings. The Kier molecular flexibility index (Phi) is 3.39. The first kappa shape index (κ1) is 11.6. The van der Waals surface area contributed by atoms with Crippen molar-refractivity contribution in [1.29, 1.82) is 0 Å². The molecule has 3 nitrogen and oxygen atoms in total. The monoisotopic (exact) mass is 239 g/mol. The smallest absolute Gasteiger partial charge is 0.181 e. The molecule has 0 fully saturated rings. The normalized spacial score (nSPS) is 10.5. The third kappa shape index (κ3) is 2.62. The van der Waals surface area contributed by atoms with E-state index in [1.165, 1.54) is 12.1 Å². The van der Waals surface area contributed by atoms with Gasteiger partial charge in [-0.25, -0.2) is 8.78 Å². The maximum atomic E-state index is 13.3. The molecule has 0 radical (unpaired) electrons. The Morgan fingerprint density at radius 3 is 2.59 bits per heavy atom. The van der Waals surface area contributed by atoms with Crippen LogP contribution in [-0.4, -0.2) is 5.11 Å². The Balaban J connectivity index is 2.04. The zero-order valence-electron chi connectivity index (χ0n) is 8.91. The highest BCUT2D eigenvalue weighted by atomic mass is 19.2. The quantitative estimate of drug-likeness (QED) is 0.862. The van der Waals surface area contributed by atoms with E-state index in [0.717, 1.165) is 6.07 Å². The van der Waals surface area contributed by atoms with E-state index < -0.39 is 11.6 Å². The van der Waals surface area contributed by atoms with Crippen molar-refractivity contribution >= 4 is 5.69 Å². The zero-order chi connectivity index (χ0) is 12.3. The predicted molar refractivity (Wildman–Crippen MR) is 58.3 cm³/mol. The summed E-state index contributed by atoms with van der Waals surface area (Å²) in [5.74, 6) is -0.842. The van der Waals surface area contributed by atoms with Gasteiger partial charge < -0.3 is 14.8 Å². The van der Waals surface area contributed by atoms with Gasteiger partial charge in [0.25, 0.3) is 0 Å². The minimum Gasteiger partial charge on any atom is -0.462 e. The number of hydrogen-bond donors (Lipinski definition) is 2. The van der Waals surface area contributed by atoms with Crippen molar-refractivity contribution in [3.05, 3.63) is 53.5 Å². The van der Waals surface area contributed by atoms with Crippen LogP contribution in [-0.2, 0) is 13.2 Å². The van der Waals surface area contributed by atoms with Crippen LogP contribution < -0.4 is 5.32 Å². The molecular formula is C12H11F2NO2. The summed E-state index contributed by atoms with van der Waals surface area (Å²) in [6, 6.07) is 7.20. The molecule has 0 bridgehead atoms. The van der Waals surface area contributed by atoms with Gasteiger partial charge in [0.2, 0.25) is 0 Å². The lowest BCUT2D eigenvalue weighted by Gasteiger charge is -2.05. The van der Waals surface area contributed by atoms with E-state index >= 15 is 0 Å². The fourth-order valence-electron chi connectivity index (χ4n) is 1.42. The molecule has 1 aromatic carbocycles. The molecule has 0 saturated heterocycles. The molecule has 0 amide bonds. The molecule has 0 aliphatic heterocycles. The van der Waals surface area contributed by atoms with E-state index in [4.69, 9.17) is 9.52 Å². The summed E-state index contributed by atoms with van der Waals surface area (Å²) in [5, 5.41) is 11.5. The number of aliphatic hydroxyl groups is 1. The average Bonchev–Trinajstić information content (AvgIpc) is 2.79. The molecule has 2 rings (SSSR count). The van der Waals surface area contributed by atoms with Crippen molar-refractivity contribution in [1.82, 2.24) is 0 Å². The van der Waals surface area contributed by atoms with E-state index in [1.54, 1.807) is 12.1 Å². The maximum Gasteiger partial charge on any atom is 0.181 e. The number of furan rings is 1. The number of hydrogen-bond acceptors (Lipinski definition) is 3. The SMILES string of the molecule is OCc1ccc(CNc2cccc(F)c2F)o1. The predicted octanol–water partition coefficient (Wildman–Crippen LogP) is 2.66. The van der Waals surface area contributed by atoms with Crippen LogP contribution in [0.1, 0.15) is 11.5 Å². The number of halogens is 2. The zero-order valence-corrected chi connectivity index (χ0v) is 8.91. The lowest BCUT2D eigenvalue weighted by molar-refractivity contribution is 0.244. The van der Waals surface area contributed by atoms with Gasteiger partial charge in [-0.2, -0.15) is 0 Å². The fourth-order valence-corrected chi connectivity index (χ4v) is 1.42. The van der Waals surface area contributed by atoms with Gasteiger partial charge in [0.15, 0.2) is 11.6 Å². The molecule has 0 unspecified atom stereocenters. The van der Waals surface area contributed by atoms with Crippen molar-refractivity contribution in [3.63, 3.8) is 0 Å². The minimum atomic E-state index is -0.915. The van der Waals surface area contributed by atoms with E-state index in [9.17, 15) is 8.78 Å². The van der Waals surface area contributed by atoms with Crippen molar-refractivity contribution in [2.75, 3.05) is 5.32 Å². The second kappa shape index (κ2) is 4.97. The van der Waals surface area contributed by atoms with Gasteiger partial charge in [-0.05, 0) is 24.3 Å². The highest BCUT2D eigenvalue weighted by Gasteiger charge is 2.07. The van der Waals surface area contributed by atoms with Crippen LogP contribution in [0.15, 0.2) is 34.7 Å². The largest absolute Gasteiger partial charge is 0.462 e. The first-order chi connectivity index (χ1) is 8.20. The summed E-state index contributed by atoms with van der Waals surface area (Å²) in [6.07, 6.45) is 0. The summed E-state index contributed by atoms with van der Waals surface area (Å²) in [6.45, 7) is 0.0364. The average molecular weight is 239 g/mol. The Hall–Kier alpha value is -1.88. The van der Waals surface area contributed by atoms with E-state index in [2.05, 4.69) is 5.32 Å². The third-order valence-corrected chi connectivity index (χ3v) is 2.28. The molecule has 0 aliphatic carbocycles. The molecule has 2 N–H and O–H groups in total. The Morgan fingerprint density at radius 2 is 1.88 bits per heavy atom. The highest BCUT2D eigenvalue weighted by molar-refractivity contribution is 5.45. The van der Waals surface area contributed by atoms with Gasteiger partial charge in [0, 0.05) is 0 Å². The third-order valence-electron chi connectivity index (χ3n) is 2.28. The first-order valence-electron chi connectivity index (χ1n) is 5.07. The topological polar surface area (TPSA) is 45.4 Å². The summed E-state index contributed by atoms with van der Waals surface area (Å²) < 4.78 is 31.4. The van der Waals surface area contributed by atoms with Crippen LogP contribution in [0.25, 0.3) is 0 Å². The van der Waals surface area contributed by atoms with Crippen LogP contribution in [0.3, 0.4) is 0 Å². The maximum absolute atomic E-state index is 13.3. The Labute approximate surface area is 96.7 Å². The van der Waals surface area contributed by atoms with Crippen molar-refractivity contribution in [2.45, 2.75) is 13.2 Å². The molecule has 1 heterocycles. The highest BCUT2D eigenvalue weighted by Crippen LogP contribution is 2.18. The molecule has 0 saturated carbocycles. The fraction of sp³-hybridized carbons (Fsp3) is 0.167. The van der Waals surface area contributed by atoms with Gasteiger partial charge in [-0.3, -0.25) is 0 Å². The number of benzene rings is 1. The molecule has 0 atom stereocenters. The van der Waals surface area contributed by atoms with Crippen molar-refractivity contribution < 1.29 is 18.3 Å². The standard InChI is InChI=1S/C12H11F2NO2/c13-10-2-1-3-11(12(10)14)15-6-8-4-5-9(7-16)17-8/h1-5,15-16H,6-7H2. The summed E-state index contributed by atoms with van der Waals surface area (Å²) in [7, 11) is 0. The number of nitrogens with one attached hydrogen (secondary N) is 1. The molecular weight excluding hydrogens is 228 g/mol. The van der Waals surface area contributed by atoms with Gasteiger partial charge >= 0.3 is 0 Å². The molecule has 17 heavy (non-hydrogen) atoms. The van der Waals surface area contributed by atoms with Crippen LogP contribution in [0, 0.1) is 11.6 Å². The Morgan fingerprint density at radius 1 is 1.12 bits per heavy atom. The number of rotatable bonds is 4. The summed E-state index contributed by atoms with van der Waals surface area (Å²) >= 11 is 0. The molecule has 0 spiro atoms. The van der Waals surface area contributed by atoms with Crippen molar-refractivity contribution in [3.8, 4) is 0 Å². The van der Waals surface area contributed by atoms with E-state index in [0.29, 0.717) is 11.5 Å². The van der Waals surface area contributed by atoms with Crippen LogP contribution in [0.5, 0.6) is 0 Å². The minimum absolute atomic E-state index is 0.0759. The van der Waals surface area contributed by atoms with Gasteiger partial charge in [-0.1, -0.05) is 6.07 Å².